The smallest absolute Gasteiger partial charge is 0.169 e. The Hall–Kier alpha value is -0.880. The molecule has 1 fully saturated rings. The van der Waals surface area contributed by atoms with Gasteiger partial charge in [0.05, 0.1) is 18.2 Å². The van der Waals surface area contributed by atoms with Crippen LogP contribution < -0.4 is 0 Å². The van der Waals surface area contributed by atoms with Crippen molar-refractivity contribution in [1.29, 1.82) is 0 Å². The largest absolute Gasteiger partial charge is 0.294 e. The summed E-state index contributed by atoms with van der Waals surface area (Å²) in [5.41, 5.74) is 1.51. The Kier molecular flexibility index (Phi) is 4.64. The molecule has 1 saturated carbocycles. The van der Waals surface area contributed by atoms with Crippen LogP contribution in [0.3, 0.4) is 0 Å². The average molecular weight is 415 g/mol. The van der Waals surface area contributed by atoms with Crippen molar-refractivity contribution in [2.24, 2.45) is 0 Å². The highest BCUT2D eigenvalue weighted by molar-refractivity contribution is 14.1. The van der Waals surface area contributed by atoms with E-state index in [0.29, 0.717) is 23.0 Å². The molecule has 1 heterocycles. The molecule has 1 aromatic carbocycles. The Labute approximate surface area is 142 Å². The van der Waals surface area contributed by atoms with Gasteiger partial charge in [-0.3, -0.25) is 9.48 Å². The van der Waals surface area contributed by atoms with Crippen LogP contribution in [0, 0.1) is 3.57 Å². The van der Waals surface area contributed by atoms with Gasteiger partial charge in [-0.25, -0.2) is 0 Å². The lowest BCUT2D eigenvalue weighted by Gasteiger charge is -2.08. The predicted molar refractivity (Wildman–Crippen MR) is 91.9 cm³/mol. The van der Waals surface area contributed by atoms with Crippen LogP contribution in [0.2, 0.25) is 5.02 Å². The Morgan fingerprint density at radius 3 is 2.86 bits per heavy atom. The van der Waals surface area contributed by atoms with Crippen LogP contribution in [0.1, 0.15) is 47.8 Å². The van der Waals surface area contributed by atoms with Crippen molar-refractivity contribution in [2.75, 3.05) is 0 Å². The molecular formula is C16H16ClIN2O. The fraction of sp³-hybridized carbons (Fsp3) is 0.375. The molecule has 0 radical (unpaired) electrons. The molecule has 5 heteroatoms. The predicted octanol–water partition coefficient (Wildman–Crippen LogP) is 4.68. The summed E-state index contributed by atoms with van der Waals surface area (Å²) in [6.07, 6.45) is 7.28. The number of carbonyl (C=O) groups excluding carboxylic acids is 1. The first-order valence-electron chi connectivity index (χ1n) is 7.16. The van der Waals surface area contributed by atoms with Crippen LogP contribution >= 0.6 is 34.2 Å². The van der Waals surface area contributed by atoms with E-state index in [1.165, 1.54) is 25.7 Å². The fourth-order valence-electron chi connectivity index (χ4n) is 2.81. The molecule has 2 aromatic rings. The van der Waals surface area contributed by atoms with E-state index < -0.39 is 0 Å². The highest BCUT2D eigenvalue weighted by atomic mass is 127. The van der Waals surface area contributed by atoms with Crippen molar-refractivity contribution in [3.63, 3.8) is 0 Å². The second-order valence-corrected chi connectivity index (χ2v) is 7.05. The van der Waals surface area contributed by atoms with E-state index in [9.17, 15) is 4.79 Å². The Morgan fingerprint density at radius 1 is 1.33 bits per heavy atom. The molecule has 0 atom stereocenters. The summed E-state index contributed by atoms with van der Waals surface area (Å²) in [6.45, 7) is 0. The van der Waals surface area contributed by atoms with Crippen molar-refractivity contribution >= 4 is 40.0 Å². The van der Waals surface area contributed by atoms with E-state index in [4.69, 9.17) is 11.6 Å². The van der Waals surface area contributed by atoms with Gasteiger partial charge >= 0.3 is 0 Å². The van der Waals surface area contributed by atoms with Gasteiger partial charge in [-0.2, -0.15) is 5.10 Å². The summed E-state index contributed by atoms with van der Waals surface area (Å²) in [6, 6.07) is 7.87. The number of rotatable bonds is 4. The van der Waals surface area contributed by atoms with Crippen LogP contribution in [0.15, 0.2) is 30.5 Å². The lowest BCUT2D eigenvalue weighted by Crippen LogP contribution is -2.09. The van der Waals surface area contributed by atoms with Crippen molar-refractivity contribution in [3.05, 3.63) is 50.3 Å². The molecule has 0 aliphatic heterocycles. The van der Waals surface area contributed by atoms with Crippen LogP contribution in [-0.2, 0) is 6.42 Å². The van der Waals surface area contributed by atoms with Crippen molar-refractivity contribution in [1.82, 2.24) is 9.78 Å². The van der Waals surface area contributed by atoms with Crippen LogP contribution in [-0.4, -0.2) is 15.6 Å². The van der Waals surface area contributed by atoms with E-state index in [1.54, 1.807) is 12.1 Å². The van der Waals surface area contributed by atoms with E-state index in [-0.39, 0.29) is 5.78 Å². The van der Waals surface area contributed by atoms with Gasteiger partial charge in [0, 0.05) is 20.4 Å². The lowest BCUT2D eigenvalue weighted by atomic mass is 10.1. The molecule has 0 unspecified atom stereocenters. The molecular weight excluding hydrogens is 399 g/mol. The number of carbonyl (C=O) groups is 1. The molecule has 3 nitrogen and oxygen atoms in total. The highest BCUT2D eigenvalue weighted by Gasteiger charge is 2.19. The van der Waals surface area contributed by atoms with Gasteiger partial charge in [-0.15, -0.1) is 0 Å². The van der Waals surface area contributed by atoms with Crippen molar-refractivity contribution in [2.45, 2.75) is 38.1 Å². The van der Waals surface area contributed by atoms with Crippen LogP contribution in [0.5, 0.6) is 0 Å². The SMILES string of the molecule is O=C(Cc1ccn(C2CCCC2)n1)c1cc(Cl)ccc1I. The molecule has 1 aliphatic rings. The number of ketones is 1. The van der Waals surface area contributed by atoms with Gasteiger partial charge in [-0.05, 0) is 59.7 Å². The maximum absolute atomic E-state index is 12.4. The second-order valence-electron chi connectivity index (χ2n) is 5.45. The summed E-state index contributed by atoms with van der Waals surface area (Å²) >= 11 is 8.14. The molecule has 21 heavy (non-hydrogen) atoms. The molecule has 1 aromatic heterocycles. The van der Waals surface area contributed by atoms with Crippen molar-refractivity contribution < 1.29 is 4.79 Å². The monoisotopic (exact) mass is 414 g/mol. The molecule has 0 spiro atoms. The quantitative estimate of drug-likeness (QED) is 0.538. The van der Waals surface area contributed by atoms with Crippen LogP contribution in [0.25, 0.3) is 0 Å². The lowest BCUT2D eigenvalue weighted by molar-refractivity contribution is 0.0991. The number of hydrogen-bond donors (Lipinski definition) is 0. The maximum atomic E-state index is 12.4. The van der Waals surface area contributed by atoms with Crippen LogP contribution in [0.4, 0.5) is 0 Å². The molecule has 0 saturated heterocycles. The van der Waals surface area contributed by atoms with E-state index in [2.05, 4.69) is 27.7 Å². The van der Waals surface area contributed by atoms with E-state index in [0.717, 1.165) is 9.26 Å². The zero-order chi connectivity index (χ0) is 14.8. The Balaban J connectivity index is 1.74. The minimum absolute atomic E-state index is 0.0681. The summed E-state index contributed by atoms with van der Waals surface area (Å²) in [5, 5.41) is 5.16. The molecule has 0 amide bonds. The average Bonchev–Trinajstić information content (AvgIpc) is 3.11. The van der Waals surface area contributed by atoms with E-state index >= 15 is 0 Å². The minimum Gasteiger partial charge on any atom is -0.294 e. The van der Waals surface area contributed by atoms with Gasteiger partial charge in [-0.1, -0.05) is 24.4 Å². The zero-order valence-electron chi connectivity index (χ0n) is 11.6. The third kappa shape index (κ3) is 3.48. The first-order chi connectivity index (χ1) is 10.1. The van der Waals surface area contributed by atoms with Gasteiger partial charge in [0.15, 0.2) is 5.78 Å². The van der Waals surface area contributed by atoms with Gasteiger partial charge in [0.1, 0.15) is 0 Å². The molecule has 0 N–H and O–H groups in total. The fourth-order valence-corrected chi connectivity index (χ4v) is 3.62. The number of Topliss-reactive ketones (excluding diaryl/α,β-unsaturated/α-hetero) is 1. The molecule has 3 rings (SSSR count). The third-order valence-corrected chi connectivity index (χ3v) is 5.11. The minimum atomic E-state index is 0.0681. The number of benzene rings is 1. The number of aromatic nitrogens is 2. The first-order valence-corrected chi connectivity index (χ1v) is 8.61. The topological polar surface area (TPSA) is 34.9 Å². The van der Waals surface area contributed by atoms with Gasteiger partial charge < -0.3 is 0 Å². The molecule has 110 valence electrons. The summed E-state index contributed by atoms with van der Waals surface area (Å²) in [5.74, 6) is 0.0681. The maximum Gasteiger partial charge on any atom is 0.169 e. The number of hydrogen-bond acceptors (Lipinski definition) is 2. The molecule has 1 aliphatic carbocycles. The third-order valence-electron chi connectivity index (χ3n) is 3.93. The van der Waals surface area contributed by atoms with Gasteiger partial charge in [0.25, 0.3) is 0 Å². The first kappa shape index (κ1) is 15.0. The molecule has 0 bridgehead atoms. The van der Waals surface area contributed by atoms with Crippen molar-refractivity contribution in [3.8, 4) is 0 Å². The normalized spacial score (nSPS) is 15.5. The summed E-state index contributed by atoms with van der Waals surface area (Å²) in [7, 11) is 0. The second kappa shape index (κ2) is 6.48. The van der Waals surface area contributed by atoms with E-state index in [1.807, 2.05) is 23.0 Å². The zero-order valence-corrected chi connectivity index (χ0v) is 14.5. The standard InChI is InChI=1S/C16H16ClIN2O/c17-11-5-6-15(18)14(9-11)16(21)10-12-7-8-20(19-12)13-3-1-2-4-13/h5-9,13H,1-4,10H2. The van der Waals surface area contributed by atoms with Gasteiger partial charge in [0.2, 0.25) is 0 Å². The Bertz CT molecular complexity index is 662. The summed E-state index contributed by atoms with van der Waals surface area (Å²) in [4.78, 5) is 12.4. The number of halogens is 2. The highest BCUT2D eigenvalue weighted by Crippen LogP contribution is 2.28. The summed E-state index contributed by atoms with van der Waals surface area (Å²) < 4.78 is 2.95. The Morgan fingerprint density at radius 2 is 2.10 bits per heavy atom. The number of nitrogens with zero attached hydrogens (tertiary/aromatic N) is 2.